The molecule has 0 radical (unpaired) electrons. The number of amides is 1. The fraction of sp³-hybridized carbons (Fsp3) is 0.789. The van der Waals surface area contributed by atoms with Crippen LogP contribution in [0, 0.1) is 0 Å². The minimum Gasteiger partial charge on any atom is -0.462 e. The monoisotopic (exact) mass is 882 g/mol. The largest absolute Gasteiger partial charge is 0.462 e. The number of aliphatic hydroxyl groups is 2. The minimum atomic E-state index is -0.792. The highest BCUT2D eigenvalue weighted by Crippen LogP contribution is 2.18. The summed E-state index contributed by atoms with van der Waals surface area (Å²) in [6.07, 6.45) is 62.7. The van der Waals surface area contributed by atoms with Gasteiger partial charge in [0.2, 0.25) is 5.91 Å². The lowest BCUT2D eigenvalue weighted by atomic mass is 10.0. The zero-order valence-corrected chi connectivity index (χ0v) is 41.7. The highest BCUT2D eigenvalue weighted by Gasteiger charge is 2.24. The molecule has 6 nitrogen and oxygen atoms in total. The van der Waals surface area contributed by atoms with Gasteiger partial charge < -0.3 is 20.3 Å². The van der Waals surface area contributed by atoms with Crippen LogP contribution in [0.2, 0.25) is 0 Å². The molecular formula is C57H103NO5. The standard InChI is InChI=1S/C57H103NO5/c1-4-7-10-13-16-19-22-25-27-28-29-30-32-35-38-41-44-47-50-57(62)63-53(48-45-42-39-36-33-24-21-18-15-12-9-6-3)51-56(61)58-54(52-59)55(60)49-46-43-40-37-34-31-26-23-20-17-14-11-8-5-2/h10,13,16,19,22,25,27-30,53-55,59-60H,4-9,11-12,14-15,17-18,20-21,23-24,26,31-52H2,1-3H3,(H,58,61)/b13-10+,19-16+,25-22+,28-27+,30-29+. The topological polar surface area (TPSA) is 95.9 Å². The summed E-state index contributed by atoms with van der Waals surface area (Å²) in [4.78, 5) is 26.2. The molecule has 6 heteroatoms. The number of hydrogen-bond donors (Lipinski definition) is 3. The molecule has 0 aromatic carbocycles. The molecule has 366 valence electrons. The van der Waals surface area contributed by atoms with Crippen molar-refractivity contribution in [2.24, 2.45) is 0 Å². The van der Waals surface area contributed by atoms with Gasteiger partial charge in [0.25, 0.3) is 0 Å². The lowest BCUT2D eigenvalue weighted by Gasteiger charge is -2.24. The van der Waals surface area contributed by atoms with E-state index in [1.54, 1.807) is 0 Å². The van der Waals surface area contributed by atoms with E-state index in [1.807, 2.05) is 24.3 Å². The molecule has 0 aromatic heterocycles. The summed E-state index contributed by atoms with van der Waals surface area (Å²) in [5.74, 6) is -0.495. The third kappa shape index (κ3) is 45.9. The van der Waals surface area contributed by atoms with Crippen LogP contribution < -0.4 is 5.32 Å². The third-order valence-electron chi connectivity index (χ3n) is 12.2. The van der Waals surface area contributed by atoms with E-state index >= 15 is 0 Å². The van der Waals surface area contributed by atoms with Crippen molar-refractivity contribution in [2.45, 2.75) is 283 Å². The Hall–Kier alpha value is -2.44. The molecule has 1 amide bonds. The van der Waals surface area contributed by atoms with Gasteiger partial charge in [0, 0.05) is 6.42 Å². The molecule has 0 heterocycles. The SMILES string of the molecule is CCC/C=C/C=C/C=C/C=C/C=C/CCCCCCCC(=O)OC(CCCCCCCCCCCCCC)CC(=O)NC(CO)C(O)CCCCCCCCCCCCCCCC. The summed E-state index contributed by atoms with van der Waals surface area (Å²) >= 11 is 0. The van der Waals surface area contributed by atoms with Crippen molar-refractivity contribution in [3.63, 3.8) is 0 Å². The molecule has 0 rings (SSSR count). The van der Waals surface area contributed by atoms with Crippen LogP contribution in [0.3, 0.4) is 0 Å². The molecule has 0 bridgehead atoms. The molecule has 3 N–H and O–H groups in total. The lowest BCUT2D eigenvalue weighted by Crippen LogP contribution is -2.46. The third-order valence-corrected chi connectivity index (χ3v) is 12.2. The van der Waals surface area contributed by atoms with Gasteiger partial charge in [-0.05, 0) is 44.9 Å². The molecule has 0 aromatic rings. The van der Waals surface area contributed by atoms with Crippen LogP contribution in [0.15, 0.2) is 60.8 Å². The first-order chi connectivity index (χ1) is 31.0. The number of nitrogens with one attached hydrogen (secondary N) is 1. The first-order valence-electron chi connectivity index (χ1n) is 27.1. The lowest BCUT2D eigenvalue weighted by molar-refractivity contribution is -0.151. The molecule has 0 saturated carbocycles. The second-order valence-corrected chi connectivity index (χ2v) is 18.4. The van der Waals surface area contributed by atoms with E-state index in [2.05, 4.69) is 62.5 Å². The van der Waals surface area contributed by atoms with Crippen molar-refractivity contribution in [3.05, 3.63) is 60.8 Å². The van der Waals surface area contributed by atoms with E-state index in [9.17, 15) is 19.8 Å². The normalized spacial score (nSPS) is 13.7. The summed E-state index contributed by atoms with van der Waals surface area (Å²) in [5.41, 5.74) is 0. The maximum absolute atomic E-state index is 13.2. The molecular weight excluding hydrogens is 779 g/mol. The van der Waals surface area contributed by atoms with Gasteiger partial charge >= 0.3 is 5.97 Å². The first-order valence-corrected chi connectivity index (χ1v) is 27.1. The number of allylic oxidation sites excluding steroid dienone is 10. The van der Waals surface area contributed by atoms with Gasteiger partial charge in [0.1, 0.15) is 6.10 Å². The van der Waals surface area contributed by atoms with Gasteiger partial charge in [0.15, 0.2) is 0 Å². The van der Waals surface area contributed by atoms with Crippen LogP contribution in [0.1, 0.15) is 265 Å². The van der Waals surface area contributed by atoms with Crippen molar-refractivity contribution in [1.29, 1.82) is 0 Å². The smallest absolute Gasteiger partial charge is 0.306 e. The zero-order chi connectivity index (χ0) is 45.9. The molecule has 3 unspecified atom stereocenters. The molecule has 3 atom stereocenters. The summed E-state index contributed by atoms with van der Waals surface area (Å²) in [6.45, 7) is 6.40. The zero-order valence-electron chi connectivity index (χ0n) is 41.7. The number of ether oxygens (including phenoxy) is 1. The maximum atomic E-state index is 13.2. The maximum Gasteiger partial charge on any atom is 0.306 e. The fourth-order valence-corrected chi connectivity index (χ4v) is 8.11. The second-order valence-electron chi connectivity index (χ2n) is 18.4. The van der Waals surface area contributed by atoms with Crippen molar-refractivity contribution in [3.8, 4) is 0 Å². The predicted molar refractivity (Wildman–Crippen MR) is 273 cm³/mol. The van der Waals surface area contributed by atoms with Gasteiger partial charge in [-0.25, -0.2) is 0 Å². The van der Waals surface area contributed by atoms with Crippen LogP contribution in [0.4, 0.5) is 0 Å². The highest BCUT2D eigenvalue weighted by atomic mass is 16.5. The number of esters is 1. The Balaban J connectivity index is 4.58. The van der Waals surface area contributed by atoms with Crippen LogP contribution in [-0.2, 0) is 14.3 Å². The Morgan fingerprint density at radius 1 is 0.460 bits per heavy atom. The molecule has 0 aliphatic heterocycles. The fourth-order valence-electron chi connectivity index (χ4n) is 8.11. The number of rotatable bonds is 48. The van der Waals surface area contributed by atoms with Gasteiger partial charge in [0.05, 0.1) is 25.2 Å². The molecule has 0 saturated heterocycles. The van der Waals surface area contributed by atoms with E-state index in [0.717, 1.165) is 77.0 Å². The van der Waals surface area contributed by atoms with Crippen molar-refractivity contribution in [2.75, 3.05) is 6.61 Å². The van der Waals surface area contributed by atoms with E-state index in [1.165, 1.54) is 141 Å². The van der Waals surface area contributed by atoms with Gasteiger partial charge in [-0.1, -0.05) is 268 Å². The van der Waals surface area contributed by atoms with Crippen molar-refractivity contribution in [1.82, 2.24) is 5.32 Å². The molecule has 0 spiro atoms. The van der Waals surface area contributed by atoms with Gasteiger partial charge in [-0.2, -0.15) is 0 Å². The summed E-state index contributed by atoms with van der Waals surface area (Å²) in [6, 6.07) is -0.706. The second kappa shape index (κ2) is 50.6. The number of aliphatic hydroxyl groups excluding tert-OH is 2. The first kappa shape index (κ1) is 60.6. The average Bonchev–Trinajstić information content (AvgIpc) is 3.28. The number of carbonyl (C=O) groups is 2. The van der Waals surface area contributed by atoms with Gasteiger partial charge in [-0.3, -0.25) is 9.59 Å². The van der Waals surface area contributed by atoms with Crippen LogP contribution in [-0.4, -0.2) is 46.9 Å². The summed E-state index contributed by atoms with van der Waals surface area (Å²) < 4.78 is 5.93. The molecule has 63 heavy (non-hydrogen) atoms. The van der Waals surface area contributed by atoms with E-state index < -0.39 is 18.2 Å². The Morgan fingerprint density at radius 2 is 0.841 bits per heavy atom. The highest BCUT2D eigenvalue weighted by molar-refractivity contribution is 5.77. The number of unbranched alkanes of at least 4 members (excludes halogenated alkanes) is 30. The number of carbonyl (C=O) groups excluding carboxylic acids is 2. The van der Waals surface area contributed by atoms with Crippen molar-refractivity contribution < 1.29 is 24.5 Å². The van der Waals surface area contributed by atoms with E-state index in [0.29, 0.717) is 19.3 Å². The summed E-state index contributed by atoms with van der Waals surface area (Å²) in [7, 11) is 0. The predicted octanol–water partition coefficient (Wildman–Crippen LogP) is 16.4. The Kier molecular flexibility index (Phi) is 48.6. The molecule has 0 fully saturated rings. The Bertz CT molecular complexity index is 1130. The molecule has 0 aliphatic rings. The Morgan fingerprint density at radius 3 is 1.29 bits per heavy atom. The average molecular weight is 882 g/mol. The van der Waals surface area contributed by atoms with E-state index in [-0.39, 0.29) is 24.9 Å². The van der Waals surface area contributed by atoms with Gasteiger partial charge in [-0.15, -0.1) is 0 Å². The van der Waals surface area contributed by atoms with Crippen LogP contribution in [0.5, 0.6) is 0 Å². The van der Waals surface area contributed by atoms with Crippen LogP contribution >= 0.6 is 0 Å². The minimum absolute atomic E-state index is 0.0681. The number of hydrogen-bond acceptors (Lipinski definition) is 5. The summed E-state index contributed by atoms with van der Waals surface area (Å²) in [5, 5.41) is 23.8. The van der Waals surface area contributed by atoms with Crippen LogP contribution in [0.25, 0.3) is 0 Å². The Labute approximate surface area is 390 Å². The van der Waals surface area contributed by atoms with Crippen molar-refractivity contribution >= 4 is 11.9 Å². The van der Waals surface area contributed by atoms with E-state index in [4.69, 9.17) is 4.74 Å². The quantitative estimate of drug-likeness (QED) is 0.0321. The molecule has 0 aliphatic carbocycles.